The van der Waals surface area contributed by atoms with Gasteiger partial charge in [0.15, 0.2) is 11.6 Å². The number of carbonyl (C=O) groups excluding carboxylic acids is 1. The van der Waals surface area contributed by atoms with Gasteiger partial charge in [0.25, 0.3) is 5.91 Å². The van der Waals surface area contributed by atoms with Crippen LogP contribution in [0.3, 0.4) is 0 Å². The summed E-state index contributed by atoms with van der Waals surface area (Å²) in [5.41, 5.74) is 4.05. The minimum Gasteiger partial charge on any atom is -0.494 e. The summed E-state index contributed by atoms with van der Waals surface area (Å²) < 4.78 is 18.7. The Balaban J connectivity index is 1.68. The smallest absolute Gasteiger partial charge is 0.254 e. The Bertz CT molecular complexity index is 783. The molecule has 0 atom stereocenters. The van der Waals surface area contributed by atoms with Crippen molar-refractivity contribution in [2.45, 2.75) is 13.8 Å². The zero-order valence-corrected chi connectivity index (χ0v) is 14.9. The van der Waals surface area contributed by atoms with E-state index in [9.17, 15) is 9.18 Å². The van der Waals surface area contributed by atoms with Crippen LogP contribution >= 0.6 is 0 Å². The zero-order valence-electron chi connectivity index (χ0n) is 14.9. The highest BCUT2D eigenvalue weighted by Gasteiger charge is 2.23. The molecule has 1 aliphatic heterocycles. The van der Waals surface area contributed by atoms with Gasteiger partial charge in [-0.25, -0.2) is 4.39 Å². The van der Waals surface area contributed by atoms with Gasteiger partial charge in [-0.2, -0.15) is 0 Å². The maximum absolute atomic E-state index is 13.8. The Hall–Kier alpha value is -2.56. The molecule has 1 amide bonds. The molecule has 0 bridgehead atoms. The quantitative estimate of drug-likeness (QED) is 0.857. The molecule has 0 aliphatic carbocycles. The molecular formula is C20H23FN2O2. The van der Waals surface area contributed by atoms with Crippen LogP contribution in [0.15, 0.2) is 36.4 Å². The first-order valence-electron chi connectivity index (χ1n) is 8.44. The molecule has 1 fully saturated rings. The van der Waals surface area contributed by atoms with Crippen molar-refractivity contribution in [3.8, 4) is 5.75 Å². The van der Waals surface area contributed by atoms with Crippen molar-refractivity contribution in [2.75, 3.05) is 38.2 Å². The molecule has 0 radical (unpaired) electrons. The van der Waals surface area contributed by atoms with Gasteiger partial charge in [0.05, 0.1) is 7.11 Å². The summed E-state index contributed by atoms with van der Waals surface area (Å²) in [7, 11) is 1.41. The molecule has 0 unspecified atom stereocenters. The number of piperazine rings is 1. The third kappa shape index (κ3) is 3.60. The number of methoxy groups -OCH3 is 1. The number of amides is 1. The van der Waals surface area contributed by atoms with Crippen LogP contribution in [0.4, 0.5) is 10.1 Å². The molecule has 3 rings (SSSR count). The fourth-order valence-electron chi connectivity index (χ4n) is 3.19. The number of hydrogen-bond donors (Lipinski definition) is 0. The summed E-state index contributed by atoms with van der Waals surface area (Å²) in [6.45, 7) is 6.98. The van der Waals surface area contributed by atoms with Crippen LogP contribution in [0.25, 0.3) is 0 Å². The van der Waals surface area contributed by atoms with E-state index >= 15 is 0 Å². The van der Waals surface area contributed by atoms with E-state index in [1.807, 2.05) is 0 Å². The molecule has 2 aromatic rings. The van der Waals surface area contributed by atoms with E-state index in [-0.39, 0.29) is 11.7 Å². The molecule has 4 nitrogen and oxygen atoms in total. The largest absolute Gasteiger partial charge is 0.494 e. The molecule has 2 aromatic carbocycles. The Kier molecular flexibility index (Phi) is 4.93. The Morgan fingerprint density at radius 1 is 1.04 bits per heavy atom. The van der Waals surface area contributed by atoms with Crippen LogP contribution in [-0.4, -0.2) is 44.1 Å². The number of aryl methyl sites for hydroxylation is 2. The Labute approximate surface area is 147 Å². The molecule has 1 heterocycles. The second kappa shape index (κ2) is 7.13. The molecule has 132 valence electrons. The summed E-state index contributed by atoms with van der Waals surface area (Å²) in [4.78, 5) is 16.7. The second-order valence-electron chi connectivity index (χ2n) is 6.42. The topological polar surface area (TPSA) is 32.8 Å². The molecule has 0 spiro atoms. The van der Waals surface area contributed by atoms with E-state index in [1.165, 1.54) is 36.1 Å². The van der Waals surface area contributed by atoms with Gasteiger partial charge in [-0.15, -0.1) is 0 Å². The van der Waals surface area contributed by atoms with Gasteiger partial charge in [-0.3, -0.25) is 4.79 Å². The summed E-state index contributed by atoms with van der Waals surface area (Å²) in [6, 6.07) is 10.8. The summed E-state index contributed by atoms with van der Waals surface area (Å²) in [5, 5.41) is 0. The van der Waals surface area contributed by atoms with Crippen LogP contribution < -0.4 is 9.64 Å². The summed E-state index contributed by atoms with van der Waals surface area (Å²) in [6.07, 6.45) is 0. The monoisotopic (exact) mass is 342 g/mol. The van der Waals surface area contributed by atoms with Crippen LogP contribution in [0, 0.1) is 19.7 Å². The summed E-state index contributed by atoms with van der Waals surface area (Å²) in [5.74, 6) is -0.499. The number of hydrogen-bond acceptors (Lipinski definition) is 3. The lowest BCUT2D eigenvalue weighted by molar-refractivity contribution is 0.0746. The van der Waals surface area contributed by atoms with Gasteiger partial charge in [0.2, 0.25) is 0 Å². The first-order chi connectivity index (χ1) is 12.0. The van der Waals surface area contributed by atoms with E-state index in [1.54, 1.807) is 11.0 Å². The standard InChI is InChI=1S/C20H23FN2O2/c1-14-4-5-15(2)18(12-14)22-8-10-23(11-9-22)20(24)16-6-7-19(25-3)17(21)13-16/h4-7,12-13H,8-11H2,1-3H3. The fraction of sp³-hybridized carbons (Fsp3) is 0.350. The molecule has 1 saturated heterocycles. The lowest BCUT2D eigenvalue weighted by atomic mass is 10.1. The fourth-order valence-corrected chi connectivity index (χ4v) is 3.19. The average Bonchev–Trinajstić information content (AvgIpc) is 2.63. The van der Waals surface area contributed by atoms with Crippen LogP contribution in [-0.2, 0) is 0 Å². The van der Waals surface area contributed by atoms with Crippen molar-refractivity contribution >= 4 is 11.6 Å². The van der Waals surface area contributed by atoms with Gasteiger partial charge in [0, 0.05) is 37.4 Å². The van der Waals surface area contributed by atoms with Crippen LogP contribution in [0.5, 0.6) is 5.75 Å². The molecule has 0 aromatic heterocycles. The zero-order chi connectivity index (χ0) is 18.0. The number of nitrogens with zero attached hydrogens (tertiary/aromatic N) is 2. The SMILES string of the molecule is COc1ccc(C(=O)N2CCN(c3cc(C)ccc3C)CC2)cc1F. The van der Waals surface area contributed by atoms with Gasteiger partial charge in [0.1, 0.15) is 0 Å². The molecule has 0 saturated carbocycles. The Morgan fingerprint density at radius 2 is 1.76 bits per heavy atom. The van der Waals surface area contributed by atoms with E-state index in [0.717, 1.165) is 13.1 Å². The van der Waals surface area contributed by atoms with Crippen molar-refractivity contribution in [2.24, 2.45) is 0 Å². The van der Waals surface area contributed by atoms with Crippen molar-refractivity contribution in [3.05, 3.63) is 58.9 Å². The van der Waals surface area contributed by atoms with Crippen molar-refractivity contribution in [1.82, 2.24) is 4.90 Å². The maximum Gasteiger partial charge on any atom is 0.254 e. The van der Waals surface area contributed by atoms with Crippen LogP contribution in [0.1, 0.15) is 21.5 Å². The third-order valence-electron chi connectivity index (χ3n) is 4.67. The van der Waals surface area contributed by atoms with Crippen molar-refractivity contribution < 1.29 is 13.9 Å². The number of anilines is 1. The van der Waals surface area contributed by atoms with E-state index in [2.05, 4.69) is 36.9 Å². The Morgan fingerprint density at radius 3 is 2.40 bits per heavy atom. The molecule has 25 heavy (non-hydrogen) atoms. The predicted molar refractivity (Wildman–Crippen MR) is 97.0 cm³/mol. The van der Waals surface area contributed by atoms with Crippen molar-refractivity contribution in [3.63, 3.8) is 0 Å². The number of halogens is 1. The normalized spacial score (nSPS) is 14.6. The number of ether oxygens (including phenoxy) is 1. The van der Waals surface area contributed by atoms with Gasteiger partial charge in [-0.05, 0) is 49.2 Å². The number of carbonyl (C=O) groups is 1. The average molecular weight is 342 g/mol. The first kappa shape index (κ1) is 17.3. The van der Waals surface area contributed by atoms with Gasteiger partial charge in [-0.1, -0.05) is 12.1 Å². The van der Waals surface area contributed by atoms with Crippen LogP contribution in [0.2, 0.25) is 0 Å². The minimum atomic E-state index is -0.512. The third-order valence-corrected chi connectivity index (χ3v) is 4.67. The van der Waals surface area contributed by atoms with E-state index in [0.29, 0.717) is 18.7 Å². The lowest BCUT2D eigenvalue weighted by Gasteiger charge is -2.37. The molecular weight excluding hydrogens is 319 g/mol. The predicted octanol–water partition coefficient (Wildman–Crippen LogP) is 3.41. The molecule has 5 heteroatoms. The highest BCUT2D eigenvalue weighted by Crippen LogP contribution is 2.24. The molecule has 1 aliphatic rings. The van der Waals surface area contributed by atoms with Gasteiger partial charge >= 0.3 is 0 Å². The van der Waals surface area contributed by atoms with E-state index < -0.39 is 5.82 Å². The maximum atomic E-state index is 13.8. The highest BCUT2D eigenvalue weighted by atomic mass is 19.1. The number of benzene rings is 2. The minimum absolute atomic E-state index is 0.137. The van der Waals surface area contributed by atoms with Crippen molar-refractivity contribution in [1.29, 1.82) is 0 Å². The first-order valence-corrected chi connectivity index (χ1v) is 8.44. The van der Waals surface area contributed by atoms with Gasteiger partial charge < -0.3 is 14.5 Å². The second-order valence-corrected chi connectivity index (χ2v) is 6.42. The summed E-state index contributed by atoms with van der Waals surface area (Å²) >= 11 is 0. The number of rotatable bonds is 3. The molecule has 0 N–H and O–H groups in total. The lowest BCUT2D eigenvalue weighted by Crippen LogP contribution is -2.49. The highest BCUT2D eigenvalue weighted by molar-refractivity contribution is 5.94. The van der Waals surface area contributed by atoms with E-state index in [4.69, 9.17) is 4.74 Å².